The monoisotopic (exact) mass is 431 g/mol. The molecule has 0 fully saturated rings. The van der Waals surface area contributed by atoms with Gasteiger partial charge in [-0.1, -0.05) is 49.6 Å². The van der Waals surface area contributed by atoms with Crippen LogP contribution < -0.4 is 10.1 Å². The van der Waals surface area contributed by atoms with Crippen molar-refractivity contribution in [2.24, 2.45) is 5.92 Å². The molecule has 0 amide bonds. The molecule has 3 aliphatic rings. The Morgan fingerprint density at radius 2 is 1.97 bits per heavy atom. The molecule has 3 atom stereocenters. The lowest BCUT2D eigenvalue weighted by atomic mass is 9.67. The van der Waals surface area contributed by atoms with Gasteiger partial charge in [0.25, 0.3) is 0 Å². The van der Waals surface area contributed by atoms with Crippen LogP contribution in [0.3, 0.4) is 0 Å². The summed E-state index contributed by atoms with van der Waals surface area (Å²) in [6.07, 6.45) is 10.0. The maximum atomic E-state index is 11.9. The van der Waals surface area contributed by atoms with Crippen molar-refractivity contribution in [1.29, 1.82) is 0 Å². The van der Waals surface area contributed by atoms with Gasteiger partial charge < -0.3 is 15.2 Å². The number of ether oxygens (including phenoxy) is 1. The second-order valence-electron chi connectivity index (χ2n) is 10.6. The molecule has 1 aliphatic carbocycles. The van der Waals surface area contributed by atoms with Gasteiger partial charge in [-0.25, -0.2) is 0 Å². The van der Waals surface area contributed by atoms with E-state index in [1.165, 1.54) is 35.2 Å². The third-order valence-electron chi connectivity index (χ3n) is 7.94. The van der Waals surface area contributed by atoms with E-state index < -0.39 is 0 Å². The van der Waals surface area contributed by atoms with Gasteiger partial charge in [0.1, 0.15) is 17.1 Å². The Balaban J connectivity index is 1.63. The SMILES string of the molecule is CCCCCc1cc2c(c(O)c1C1Cc3ccccc3N1)C1C=C(C)CCC1C(C)(C)O2. The van der Waals surface area contributed by atoms with E-state index in [1.54, 1.807) is 0 Å². The Morgan fingerprint density at radius 1 is 1.16 bits per heavy atom. The van der Waals surface area contributed by atoms with Crippen molar-refractivity contribution >= 4 is 5.69 Å². The lowest BCUT2D eigenvalue weighted by molar-refractivity contribution is 0.0106. The number of phenols is 1. The molecule has 2 heterocycles. The van der Waals surface area contributed by atoms with Crippen molar-refractivity contribution in [1.82, 2.24) is 0 Å². The van der Waals surface area contributed by atoms with Crippen molar-refractivity contribution in [3.05, 3.63) is 64.2 Å². The Bertz CT molecular complexity index is 1030. The number of fused-ring (bicyclic) bond motifs is 4. The number of para-hydroxylation sites is 1. The predicted molar refractivity (Wildman–Crippen MR) is 132 cm³/mol. The van der Waals surface area contributed by atoms with Gasteiger partial charge in [-0.2, -0.15) is 0 Å². The highest BCUT2D eigenvalue weighted by molar-refractivity contribution is 5.64. The fraction of sp³-hybridized carbons (Fsp3) is 0.517. The Kier molecular flexibility index (Phi) is 5.47. The molecule has 0 radical (unpaired) electrons. The quantitative estimate of drug-likeness (QED) is 0.382. The van der Waals surface area contributed by atoms with Gasteiger partial charge in [-0.3, -0.25) is 0 Å². The predicted octanol–water partition coefficient (Wildman–Crippen LogP) is 7.45. The van der Waals surface area contributed by atoms with E-state index in [4.69, 9.17) is 4.74 Å². The van der Waals surface area contributed by atoms with Crippen molar-refractivity contribution in [3.8, 4) is 11.5 Å². The molecular formula is C29H37NO2. The molecule has 3 unspecified atom stereocenters. The van der Waals surface area contributed by atoms with Gasteiger partial charge in [-0.05, 0) is 76.1 Å². The van der Waals surface area contributed by atoms with E-state index in [1.807, 2.05) is 0 Å². The van der Waals surface area contributed by atoms with E-state index in [9.17, 15) is 5.11 Å². The normalized spacial score (nSPS) is 25.1. The summed E-state index contributed by atoms with van der Waals surface area (Å²) in [7, 11) is 0. The van der Waals surface area contributed by atoms with Crippen molar-refractivity contribution in [2.45, 2.75) is 90.2 Å². The van der Waals surface area contributed by atoms with Crippen LogP contribution in [0, 0.1) is 5.92 Å². The molecule has 0 spiro atoms. The fourth-order valence-corrected chi connectivity index (χ4v) is 6.26. The first-order chi connectivity index (χ1) is 15.4. The summed E-state index contributed by atoms with van der Waals surface area (Å²) in [5.41, 5.74) is 7.07. The van der Waals surface area contributed by atoms with Crippen LogP contribution in [0.25, 0.3) is 0 Å². The molecule has 170 valence electrons. The summed E-state index contributed by atoms with van der Waals surface area (Å²) < 4.78 is 6.62. The zero-order valence-corrected chi connectivity index (χ0v) is 20.0. The number of unbranched alkanes of at least 4 members (excludes halogenated alkanes) is 2. The second kappa shape index (κ2) is 8.17. The minimum atomic E-state index is -0.231. The van der Waals surface area contributed by atoms with Crippen LogP contribution in [0.5, 0.6) is 11.5 Å². The lowest BCUT2D eigenvalue weighted by Crippen LogP contribution is -2.45. The first kappa shape index (κ1) is 21.4. The lowest BCUT2D eigenvalue weighted by Gasteiger charge is -2.47. The van der Waals surface area contributed by atoms with Gasteiger partial charge in [-0.15, -0.1) is 0 Å². The number of benzene rings is 2. The van der Waals surface area contributed by atoms with Gasteiger partial charge >= 0.3 is 0 Å². The van der Waals surface area contributed by atoms with Crippen molar-refractivity contribution in [3.63, 3.8) is 0 Å². The van der Waals surface area contributed by atoms with Crippen molar-refractivity contribution in [2.75, 3.05) is 5.32 Å². The molecule has 5 rings (SSSR count). The number of anilines is 1. The van der Waals surface area contributed by atoms with Gasteiger partial charge in [0, 0.05) is 28.7 Å². The molecule has 3 nitrogen and oxygen atoms in total. The summed E-state index contributed by atoms with van der Waals surface area (Å²) in [5.74, 6) is 1.97. The molecule has 0 aromatic heterocycles. The number of hydrogen-bond acceptors (Lipinski definition) is 3. The van der Waals surface area contributed by atoms with Crippen molar-refractivity contribution < 1.29 is 9.84 Å². The molecule has 2 aliphatic heterocycles. The number of aromatic hydroxyl groups is 1. The Hall–Kier alpha value is -2.42. The number of nitrogens with one attached hydrogen (secondary N) is 1. The fourth-order valence-electron chi connectivity index (χ4n) is 6.26. The Labute approximate surface area is 192 Å². The average molecular weight is 432 g/mol. The molecule has 0 saturated heterocycles. The maximum Gasteiger partial charge on any atom is 0.128 e. The zero-order valence-electron chi connectivity index (χ0n) is 20.0. The van der Waals surface area contributed by atoms with Crippen LogP contribution in [0.1, 0.15) is 94.0 Å². The molecule has 0 saturated carbocycles. The number of rotatable bonds is 5. The molecular weight excluding hydrogens is 394 g/mol. The van der Waals surface area contributed by atoms with Crippen LogP contribution in [-0.2, 0) is 12.8 Å². The van der Waals surface area contributed by atoms with E-state index in [2.05, 4.69) is 69.4 Å². The van der Waals surface area contributed by atoms with E-state index in [-0.39, 0.29) is 17.6 Å². The van der Waals surface area contributed by atoms with Crippen LogP contribution in [0.4, 0.5) is 5.69 Å². The maximum absolute atomic E-state index is 11.9. The smallest absolute Gasteiger partial charge is 0.128 e. The van der Waals surface area contributed by atoms with E-state index in [0.29, 0.717) is 11.7 Å². The number of allylic oxidation sites excluding steroid dienone is 2. The summed E-state index contributed by atoms with van der Waals surface area (Å²) in [4.78, 5) is 0. The topological polar surface area (TPSA) is 41.5 Å². The van der Waals surface area contributed by atoms with Gasteiger partial charge in [0.2, 0.25) is 0 Å². The standard InChI is InChI=1S/C29H37NO2/c1-5-6-7-11-20-17-25-27(21-15-18(2)13-14-22(21)29(3,4)32-25)28(31)26(20)24-16-19-10-8-9-12-23(19)30-24/h8-10,12,15,17,21-22,24,30-31H,5-7,11,13-14,16H2,1-4H3. The zero-order chi connectivity index (χ0) is 22.5. The molecule has 2 aromatic rings. The summed E-state index contributed by atoms with van der Waals surface area (Å²) >= 11 is 0. The van der Waals surface area contributed by atoms with Crippen LogP contribution >= 0.6 is 0 Å². The molecule has 3 heteroatoms. The van der Waals surface area contributed by atoms with Crippen LogP contribution in [0.15, 0.2) is 42.0 Å². The highest BCUT2D eigenvalue weighted by Crippen LogP contribution is 2.56. The number of hydrogen-bond donors (Lipinski definition) is 2. The highest BCUT2D eigenvalue weighted by atomic mass is 16.5. The minimum absolute atomic E-state index is 0.108. The minimum Gasteiger partial charge on any atom is -0.507 e. The molecule has 32 heavy (non-hydrogen) atoms. The third-order valence-corrected chi connectivity index (χ3v) is 7.94. The van der Waals surface area contributed by atoms with E-state index >= 15 is 0 Å². The Morgan fingerprint density at radius 3 is 2.75 bits per heavy atom. The second-order valence-corrected chi connectivity index (χ2v) is 10.6. The summed E-state index contributed by atoms with van der Waals surface area (Å²) in [6.45, 7) is 8.91. The summed E-state index contributed by atoms with van der Waals surface area (Å²) in [6, 6.07) is 10.9. The first-order valence-electron chi connectivity index (χ1n) is 12.5. The molecule has 2 aromatic carbocycles. The third kappa shape index (κ3) is 3.60. The van der Waals surface area contributed by atoms with Gasteiger partial charge in [0.15, 0.2) is 0 Å². The van der Waals surface area contributed by atoms with Crippen LogP contribution in [0.2, 0.25) is 0 Å². The van der Waals surface area contributed by atoms with Crippen LogP contribution in [-0.4, -0.2) is 10.7 Å². The summed E-state index contributed by atoms with van der Waals surface area (Å²) in [5, 5.41) is 15.6. The largest absolute Gasteiger partial charge is 0.507 e. The molecule has 0 bridgehead atoms. The number of aryl methyl sites for hydroxylation is 1. The number of phenolic OH excluding ortho intramolecular Hbond substituents is 1. The molecule has 2 N–H and O–H groups in total. The van der Waals surface area contributed by atoms with Gasteiger partial charge in [0.05, 0.1) is 6.04 Å². The average Bonchev–Trinajstić information content (AvgIpc) is 3.16. The van der Waals surface area contributed by atoms with E-state index in [0.717, 1.165) is 49.0 Å². The highest BCUT2D eigenvalue weighted by Gasteiger charge is 2.46. The first-order valence-corrected chi connectivity index (χ1v) is 12.5.